The van der Waals surface area contributed by atoms with Crippen molar-refractivity contribution in [3.05, 3.63) is 35.7 Å². The quantitative estimate of drug-likeness (QED) is 0.865. The maximum atomic E-state index is 12.9. The molecule has 2 saturated heterocycles. The van der Waals surface area contributed by atoms with Crippen LogP contribution in [-0.2, 0) is 11.3 Å². The first-order valence-corrected chi connectivity index (χ1v) is 9.62. The number of carbonyl (C=O) groups is 1. The zero-order chi connectivity index (χ0) is 18.9. The summed E-state index contributed by atoms with van der Waals surface area (Å²) in [7, 11) is 0. The Morgan fingerprint density at radius 3 is 2.81 bits per heavy atom. The molecule has 7 heteroatoms. The molecule has 3 heterocycles. The highest BCUT2D eigenvalue weighted by Gasteiger charge is 2.48. The van der Waals surface area contributed by atoms with Gasteiger partial charge in [-0.2, -0.15) is 4.98 Å². The molecule has 7 nitrogen and oxygen atoms in total. The lowest BCUT2D eigenvalue weighted by Gasteiger charge is -2.39. The van der Waals surface area contributed by atoms with E-state index in [2.05, 4.69) is 15.0 Å². The third-order valence-corrected chi connectivity index (χ3v) is 5.76. The molecule has 1 atom stereocenters. The van der Waals surface area contributed by atoms with E-state index in [4.69, 9.17) is 4.52 Å². The number of piperidine rings is 1. The minimum atomic E-state index is -0.309. The van der Waals surface area contributed by atoms with Gasteiger partial charge in [0.1, 0.15) is 0 Å². The van der Waals surface area contributed by atoms with E-state index in [9.17, 15) is 9.90 Å². The van der Waals surface area contributed by atoms with Crippen LogP contribution in [0.2, 0.25) is 0 Å². The van der Waals surface area contributed by atoms with Crippen molar-refractivity contribution in [1.82, 2.24) is 19.9 Å². The summed E-state index contributed by atoms with van der Waals surface area (Å²) in [6.45, 7) is 5.42. The maximum absolute atomic E-state index is 12.9. The van der Waals surface area contributed by atoms with E-state index in [1.54, 1.807) is 0 Å². The Morgan fingerprint density at radius 1 is 1.22 bits per heavy atom. The van der Waals surface area contributed by atoms with Gasteiger partial charge in [-0.05, 0) is 44.9 Å². The Bertz CT molecular complexity index is 802. The van der Waals surface area contributed by atoms with E-state index in [0.29, 0.717) is 24.8 Å². The molecule has 1 aromatic carbocycles. The van der Waals surface area contributed by atoms with Gasteiger partial charge in [-0.25, -0.2) is 0 Å². The van der Waals surface area contributed by atoms with Crippen molar-refractivity contribution < 1.29 is 14.4 Å². The molecule has 144 valence electrons. The largest absolute Gasteiger partial charge is 0.395 e. The molecule has 4 rings (SSSR count). The fourth-order valence-corrected chi connectivity index (χ4v) is 4.29. The third-order valence-electron chi connectivity index (χ3n) is 5.76. The van der Waals surface area contributed by atoms with Crippen molar-refractivity contribution in [3.63, 3.8) is 0 Å². The standard InChI is InChI=1S/C20H26N4O3/c1-15-3-5-16(6-4-15)18-21-17(22-27-18)13-23-10-8-20(14-23)7-2-9-24(11-12-25)19(20)26/h3-6,25H,2,7-14H2,1H3. The Kier molecular flexibility index (Phi) is 4.97. The normalized spacial score (nSPS) is 23.5. The molecule has 1 spiro atoms. The number of benzene rings is 1. The lowest BCUT2D eigenvalue weighted by Crippen LogP contribution is -2.50. The van der Waals surface area contributed by atoms with Crippen molar-refractivity contribution in [3.8, 4) is 11.5 Å². The second-order valence-electron chi connectivity index (χ2n) is 7.74. The second kappa shape index (κ2) is 7.40. The van der Waals surface area contributed by atoms with Crippen LogP contribution in [0.4, 0.5) is 0 Å². The van der Waals surface area contributed by atoms with Crippen LogP contribution in [0.15, 0.2) is 28.8 Å². The van der Waals surface area contributed by atoms with Crippen molar-refractivity contribution in [1.29, 1.82) is 0 Å². The second-order valence-corrected chi connectivity index (χ2v) is 7.74. The molecule has 1 amide bonds. The number of aliphatic hydroxyl groups is 1. The summed E-state index contributed by atoms with van der Waals surface area (Å²) in [6, 6.07) is 8.01. The van der Waals surface area contributed by atoms with Gasteiger partial charge in [-0.3, -0.25) is 9.69 Å². The molecular weight excluding hydrogens is 344 g/mol. The van der Waals surface area contributed by atoms with Gasteiger partial charge < -0.3 is 14.5 Å². The minimum Gasteiger partial charge on any atom is -0.395 e. The first-order valence-electron chi connectivity index (χ1n) is 9.62. The van der Waals surface area contributed by atoms with Crippen molar-refractivity contribution in [2.75, 3.05) is 32.8 Å². The van der Waals surface area contributed by atoms with Crippen LogP contribution in [0.5, 0.6) is 0 Å². The zero-order valence-corrected chi connectivity index (χ0v) is 15.7. The van der Waals surface area contributed by atoms with Crippen LogP contribution in [-0.4, -0.2) is 63.7 Å². The maximum Gasteiger partial charge on any atom is 0.257 e. The van der Waals surface area contributed by atoms with Crippen LogP contribution in [0.25, 0.3) is 11.5 Å². The number of hydrogen-bond acceptors (Lipinski definition) is 6. The van der Waals surface area contributed by atoms with E-state index in [1.807, 2.05) is 36.1 Å². The molecule has 2 aliphatic rings. The monoisotopic (exact) mass is 370 g/mol. The molecule has 1 unspecified atom stereocenters. The predicted molar refractivity (Wildman–Crippen MR) is 99.7 cm³/mol. The van der Waals surface area contributed by atoms with Crippen LogP contribution in [0.3, 0.4) is 0 Å². The zero-order valence-electron chi connectivity index (χ0n) is 15.7. The van der Waals surface area contributed by atoms with Crippen LogP contribution < -0.4 is 0 Å². The molecule has 0 saturated carbocycles. The van der Waals surface area contributed by atoms with E-state index >= 15 is 0 Å². The van der Waals surface area contributed by atoms with E-state index in [-0.39, 0.29) is 17.9 Å². The van der Waals surface area contributed by atoms with Gasteiger partial charge in [0.25, 0.3) is 5.89 Å². The molecule has 0 aliphatic carbocycles. The number of hydrogen-bond donors (Lipinski definition) is 1. The summed E-state index contributed by atoms with van der Waals surface area (Å²) < 4.78 is 5.42. The number of aryl methyl sites for hydroxylation is 1. The van der Waals surface area contributed by atoms with Gasteiger partial charge in [0.15, 0.2) is 5.82 Å². The fourth-order valence-electron chi connectivity index (χ4n) is 4.29. The molecule has 1 N–H and O–H groups in total. The number of amides is 1. The highest BCUT2D eigenvalue weighted by Crippen LogP contribution is 2.40. The van der Waals surface area contributed by atoms with Crippen molar-refractivity contribution in [2.24, 2.45) is 5.41 Å². The number of rotatable bonds is 5. The first-order chi connectivity index (χ1) is 13.1. The van der Waals surface area contributed by atoms with Gasteiger partial charge in [0, 0.05) is 25.2 Å². The lowest BCUT2D eigenvalue weighted by molar-refractivity contribution is -0.146. The van der Waals surface area contributed by atoms with Gasteiger partial charge in [0.05, 0.1) is 18.6 Å². The molecular formula is C20H26N4O3. The molecule has 27 heavy (non-hydrogen) atoms. The SMILES string of the molecule is Cc1ccc(-c2nc(CN3CCC4(CCCN(CCO)C4=O)C3)no2)cc1. The summed E-state index contributed by atoms with van der Waals surface area (Å²) in [5.74, 6) is 1.37. The highest BCUT2D eigenvalue weighted by molar-refractivity contribution is 5.84. The minimum absolute atomic E-state index is 0.0240. The molecule has 1 aromatic heterocycles. The van der Waals surface area contributed by atoms with Gasteiger partial charge in [-0.1, -0.05) is 22.9 Å². The Morgan fingerprint density at radius 2 is 2.04 bits per heavy atom. The van der Waals surface area contributed by atoms with E-state index in [0.717, 1.165) is 44.5 Å². The van der Waals surface area contributed by atoms with Gasteiger partial charge >= 0.3 is 0 Å². The summed E-state index contributed by atoms with van der Waals surface area (Å²) in [5, 5.41) is 13.3. The number of carbonyl (C=O) groups excluding carboxylic acids is 1. The molecule has 2 fully saturated rings. The van der Waals surface area contributed by atoms with E-state index in [1.165, 1.54) is 5.56 Å². The summed E-state index contributed by atoms with van der Waals surface area (Å²) in [6.07, 6.45) is 2.78. The number of aromatic nitrogens is 2. The molecule has 2 aliphatic heterocycles. The average molecular weight is 370 g/mol. The number of β-amino-alcohol motifs (C(OH)–C–C–N with tert-alkyl or cyclic N) is 1. The molecule has 0 bridgehead atoms. The van der Waals surface area contributed by atoms with E-state index < -0.39 is 0 Å². The lowest BCUT2D eigenvalue weighted by atomic mass is 9.78. The Hall–Kier alpha value is -2.25. The van der Waals surface area contributed by atoms with Crippen molar-refractivity contribution >= 4 is 5.91 Å². The topological polar surface area (TPSA) is 82.7 Å². The van der Waals surface area contributed by atoms with Crippen LogP contribution in [0, 0.1) is 12.3 Å². The van der Waals surface area contributed by atoms with Crippen LogP contribution >= 0.6 is 0 Å². The fraction of sp³-hybridized carbons (Fsp3) is 0.550. The molecule has 2 aromatic rings. The van der Waals surface area contributed by atoms with Crippen LogP contribution in [0.1, 0.15) is 30.7 Å². The number of nitrogens with zero attached hydrogens (tertiary/aromatic N) is 4. The highest BCUT2D eigenvalue weighted by atomic mass is 16.5. The van der Waals surface area contributed by atoms with Gasteiger partial charge in [0.2, 0.25) is 5.91 Å². The third kappa shape index (κ3) is 3.61. The smallest absolute Gasteiger partial charge is 0.257 e. The average Bonchev–Trinajstić information content (AvgIpc) is 3.29. The summed E-state index contributed by atoms with van der Waals surface area (Å²) in [4.78, 5) is 21.5. The summed E-state index contributed by atoms with van der Waals surface area (Å²) in [5.41, 5.74) is 1.80. The first kappa shape index (κ1) is 18.1. The number of aliphatic hydroxyl groups excluding tert-OH is 1. The van der Waals surface area contributed by atoms with Gasteiger partial charge in [-0.15, -0.1) is 0 Å². The molecule has 0 radical (unpaired) electrons. The van der Waals surface area contributed by atoms with Crippen molar-refractivity contribution in [2.45, 2.75) is 32.7 Å². The Labute approximate surface area is 159 Å². The summed E-state index contributed by atoms with van der Waals surface area (Å²) >= 11 is 0. The number of likely N-dealkylation sites (tertiary alicyclic amines) is 2. The predicted octanol–water partition coefficient (Wildman–Crippen LogP) is 1.85. The Balaban J connectivity index is 1.41.